The fourth-order valence-corrected chi connectivity index (χ4v) is 4.70. The van der Waals surface area contributed by atoms with Gasteiger partial charge in [-0.15, -0.1) is 0 Å². The van der Waals surface area contributed by atoms with Crippen molar-refractivity contribution in [3.05, 3.63) is 70.3 Å². The largest absolute Gasteiger partial charge is 0.507 e. The minimum Gasteiger partial charge on any atom is -0.507 e. The zero-order chi connectivity index (χ0) is 26.1. The zero-order valence-corrected chi connectivity index (χ0v) is 22.3. The second kappa shape index (κ2) is 13.5. The molecule has 1 aliphatic rings. The van der Waals surface area contributed by atoms with Crippen molar-refractivity contribution in [2.45, 2.75) is 52.0 Å². The molecule has 1 unspecified atom stereocenters. The van der Waals surface area contributed by atoms with Crippen molar-refractivity contribution in [2.24, 2.45) is 0 Å². The normalized spacial score (nSPS) is 17.2. The number of unbranched alkanes of at least 4 members (excludes halogenated alkanes) is 2. The summed E-state index contributed by atoms with van der Waals surface area (Å²) in [6.45, 7) is 7.72. The Hall–Kier alpha value is -2.83. The second-order valence-electron chi connectivity index (χ2n) is 9.17. The summed E-state index contributed by atoms with van der Waals surface area (Å²) in [5, 5.41) is 11.8. The molecule has 36 heavy (non-hydrogen) atoms. The van der Waals surface area contributed by atoms with Crippen LogP contribution < -0.4 is 4.74 Å². The first-order chi connectivity index (χ1) is 17.4. The van der Waals surface area contributed by atoms with E-state index in [1.54, 1.807) is 48.4 Å². The van der Waals surface area contributed by atoms with E-state index < -0.39 is 17.7 Å². The molecule has 0 bridgehead atoms. The summed E-state index contributed by atoms with van der Waals surface area (Å²) in [4.78, 5) is 30.4. The van der Waals surface area contributed by atoms with Crippen LogP contribution in [0.4, 0.5) is 0 Å². The van der Waals surface area contributed by atoms with Gasteiger partial charge < -0.3 is 19.6 Å². The Morgan fingerprint density at radius 3 is 2.08 bits per heavy atom. The van der Waals surface area contributed by atoms with Crippen molar-refractivity contribution >= 4 is 29.1 Å². The topological polar surface area (TPSA) is 70.1 Å². The van der Waals surface area contributed by atoms with Gasteiger partial charge >= 0.3 is 0 Å². The van der Waals surface area contributed by atoms with Gasteiger partial charge in [0.25, 0.3) is 11.7 Å². The number of ether oxygens (including phenoxy) is 1. The summed E-state index contributed by atoms with van der Waals surface area (Å²) in [6, 6.07) is 13.2. The lowest BCUT2D eigenvalue weighted by molar-refractivity contribution is -0.140. The van der Waals surface area contributed by atoms with Crippen LogP contribution >= 0.6 is 11.6 Å². The highest BCUT2D eigenvalue weighted by Crippen LogP contribution is 2.40. The number of aliphatic hydroxyl groups excluding tert-OH is 1. The number of ketones is 1. The van der Waals surface area contributed by atoms with E-state index in [-0.39, 0.29) is 11.3 Å². The lowest BCUT2D eigenvalue weighted by Crippen LogP contribution is -2.34. The highest BCUT2D eigenvalue weighted by molar-refractivity contribution is 6.46. The van der Waals surface area contributed by atoms with Gasteiger partial charge in [0, 0.05) is 17.1 Å². The molecule has 0 saturated carbocycles. The number of amides is 1. The lowest BCUT2D eigenvalue weighted by Gasteiger charge is -2.27. The second-order valence-corrected chi connectivity index (χ2v) is 9.61. The van der Waals surface area contributed by atoms with E-state index in [2.05, 4.69) is 18.7 Å². The van der Waals surface area contributed by atoms with Crippen molar-refractivity contribution < 1.29 is 19.4 Å². The summed E-state index contributed by atoms with van der Waals surface area (Å²) < 4.78 is 5.20. The maximum atomic E-state index is 13.2. The summed E-state index contributed by atoms with van der Waals surface area (Å²) in [5.41, 5.74) is 1.29. The van der Waals surface area contributed by atoms with Crippen molar-refractivity contribution in [1.29, 1.82) is 0 Å². The van der Waals surface area contributed by atoms with Gasteiger partial charge in [-0.25, -0.2) is 0 Å². The van der Waals surface area contributed by atoms with E-state index in [0.717, 1.165) is 57.3 Å². The number of carbonyl (C=O) groups is 2. The Morgan fingerprint density at radius 1 is 0.944 bits per heavy atom. The molecule has 2 aromatic carbocycles. The first-order valence-electron chi connectivity index (χ1n) is 12.8. The van der Waals surface area contributed by atoms with E-state index >= 15 is 0 Å². The maximum absolute atomic E-state index is 13.2. The van der Waals surface area contributed by atoms with Gasteiger partial charge in [0.05, 0.1) is 18.7 Å². The Kier molecular flexibility index (Phi) is 10.4. The predicted octanol–water partition coefficient (Wildman–Crippen LogP) is 6.06. The van der Waals surface area contributed by atoms with Crippen molar-refractivity contribution in [3.63, 3.8) is 0 Å². The third-order valence-corrected chi connectivity index (χ3v) is 6.87. The SMILES string of the molecule is CCCCN(CCCC)CCCN1C(=O)C(=O)/C(=C(\O)c2ccc(OC)cc2)C1c1ccc(Cl)cc1. The molecule has 1 amide bonds. The standard InChI is InChI=1S/C29H37ClN2O4/c1-4-6-17-31(18-7-5-2)19-8-20-32-26(21-9-13-23(30)14-10-21)25(28(34)29(32)35)27(33)22-11-15-24(36-3)16-12-22/h9-16,26,33H,4-8,17-20H2,1-3H3/b27-25-. The Balaban J connectivity index is 1.90. The molecule has 0 radical (unpaired) electrons. The number of nitrogens with zero attached hydrogens (tertiary/aromatic N) is 2. The van der Waals surface area contributed by atoms with Crippen LogP contribution in [-0.4, -0.2) is 59.9 Å². The highest BCUT2D eigenvalue weighted by Gasteiger charge is 2.45. The number of Topliss-reactive ketones (excluding diaryl/α,β-unsaturated/α-hetero) is 1. The molecule has 0 aliphatic carbocycles. The molecule has 1 N–H and O–H groups in total. The van der Waals surface area contributed by atoms with Crippen LogP contribution in [0, 0.1) is 0 Å². The fourth-order valence-electron chi connectivity index (χ4n) is 4.57. The van der Waals surface area contributed by atoms with Gasteiger partial charge in [-0.05, 0) is 80.9 Å². The number of carbonyl (C=O) groups excluding carboxylic acids is 2. The lowest BCUT2D eigenvalue weighted by atomic mass is 9.95. The van der Waals surface area contributed by atoms with Crippen molar-refractivity contribution in [3.8, 4) is 5.75 Å². The predicted molar refractivity (Wildman–Crippen MR) is 144 cm³/mol. The van der Waals surface area contributed by atoms with Gasteiger partial charge in [-0.3, -0.25) is 9.59 Å². The molecule has 194 valence electrons. The minimum absolute atomic E-state index is 0.0984. The monoisotopic (exact) mass is 512 g/mol. The Bertz CT molecular complexity index is 1040. The minimum atomic E-state index is -0.677. The maximum Gasteiger partial charge on any atom is 0.295 e. The highest BCUT2D eigenvalue weighted by atomic mass is 35.5. The van der Waals surface area contributed by atoms with Crippen LogP contribution in [-0.2, 0) is 9.59 Å². The van der Waals surface area contributed by atoms with Crippen LogP contribution in [0.1, 0.15) is 63.1 Å². The van der Waals surface area contributed by atoms with E-state index in [9.17, 15) is 14.7 Å². The number of rotatable bonds is 13. The van der Waals surface area contributed by atoms with E-state index in [4.69, 9.17) is 16.3 Å². The Labute approximate surface area is 219 Å². The molecule has 7 heteroatoms. The average Bonchev–Trinajstić information content (AvgIpc) is 3.15. The van der Waals surface area contributed by atoms with Crippen LogP contribution in [0.5, 0.6) is 5.75 Å². The van der Waals surface area contributed by atoms with Crippen LogP contribution in [0.25, 0.3) is 5.76 Å². The zero-order valence-electron chi connectivity index (χ0n) is 21.5. The summed E-state index contributed by atoms with van der Waals surface area (Å²) in [7, 11) is 1.56. The summed E-state index contributed by atoms with van der Waals surface area (Å²) in [6.07, 6.45) is 5.30. The molecule has 0 spiro atoms. The van der Waals surface area contributed by atoms with Crippen LogP contribution in [0.15, 0.2) is 54.1 Å². The van der Waals surface area contributed by atoms with Gasteiger partial charge in [0.15, 0.2) is 0 Å². The molecule has 3 rings (SSSR count). The van der Waals surface area contributed by atoms with Gasteiger partial charge in [-0.1, -0.05) is 50.4 Å². The molecule has 2 aromatic rings. The van der Waals surface area contributed by atoms with E-state index in [1.807, 2.05) is 12.1 Å². The molecule has 1 heterocycles. The molecular weight excluding hydrogens is 476 g/mol. The number of benzene rings is 2. The molecular formula is C29H37ClN2O4. The molecule has 1 aliphatic heterocycles. The Morgan fingerprint density at radius 2 is 1.53 bits per heavy atom. The average molecular weight is 513 g/mol. The summed E-state index contributed by atoms with van der Waals surface area (Å²) in [5.74, 6) is -0.807. The molecule has 6 nitrogen and oxygen atoms in total. The number of hydrogen-bond donors (Lipinski definition) is 1. The molecule has 1 fully saturated rings. The first-order valence-corrected chi connectivity index (χ1v) is 13.2. The molecule has 1 atom stereocenters. The first kappa shape index (κ1) is 27.8. The van der Waals surface area contributed by atoms with Crippen molar-refractivity contribution in [1.82, 2.24) is 9.80 Å². The number of aliphatic hydroxyl groups is 1. The molecule has 1 saturated heterocycles. The quantitative estimate of drug-likeness (QED) is 0.200. The smallest absolute Gasteiger partial charge is 0.295 e. The third kappa shape index (κ3) is 6.68. The number of methoxy groups -OCH3 is 1. The number of hydrogen-bond acceptors (Lipinski definition) is 5. The van der Waals surface area contributed by atoms with Gasteiger partial charge in [-0.2, -0.15) is 0 Å². The number of likely N-dealkylation sites (tertiary alicyclic amines) is 1. The fraction of sp³-hybridized carbons (Fsp3) is 0.448. The van der Waals surface area contributed by atoms with E-state index in [0.29, 0.717) is 22.9 Å². The van der Waals surface area contributed by atoms with Gasteiger partial charge in [0.1, 0.15) is 11.5 Å². The summed E-state index contributed by atoms with van der Waals surface area (Å²) >= 11 is 6.11. The van der Waals surface area contributed by atoms with Crippen molar-refractivity contribution in [2.75, 3.05) is 33.3 Å². The van der Waals surface area contributed by atoms with Crippen LogP contribution in [0.2, 0.25) is 5.02 Å². The van der Waals surface area contributed by atoms with Gasteiger partial charge in [0.2, 0.25) is 0 Å². The third-order valence-electron chi connectivity index (χ3n) is 6.62. The number of halogens is 1. The van der Waals surface area contributed by atoms with E-state index in [1.165, 1.54) is 0 Å². The molecule has 0 aromatic heterocycles. The van der Waals surface area contributed by atoms with Crippen LogP contribution in [0.3, 0.4) is 0 Å².